The van der Waals surface area contributed by atoms with E-state index < -0.39 is 0 Å². The molecule has 0 unspecified atom stereocenters. The number of nitrogens with zero attached hydrogens (tertiary/aromatic N) is 2. The molecule has 1 heterocycles. The quantitative estimate of drug-likeness (QED) is 0.599. The number of aliphatic imine (C=N–C) groups is 1. The molecule has 0 aliphatic rings. The number of thiazole rings is 1. The van der Waals surface area contributed by atoms with Crippen molar-refractivity contribution in [1.82, 2.24) is 15.6 Å². The number of hydrogen-bond acceptors (Lipinski definition) is 3. The molecule has 0 spiro atoms. The Morgan fingerprint density at radius 1 is 1.30 bits per heavy atom. The number of aromatic nitrogens is 1. The first-order valence-electron chi connectivity index (χ1n) is 7.49. The summed E-state index contributed by atoms with van der Waals surface area (Å²) in [5, 5.41) is 9.97. The molecule has 0 aromatic carbocycles. The van der Waals surface area contributed by atoms with Crippen LogP contribution in [0.3, 0.4) is 0 Å². The maximum Gasteiger partial charge on any atom is 0.191 e. The Hall–Kier alpha value is -1.10. The predicted octanol–water partition coefficient (Wildman–Crippen LogP) is 3.37. The minimum Gasteiger partial charge on any atom is -0.356 e. The molecule has 1 rings (SSSR count). The van der Waals surface area contributed by atoms with Crippen molar-refractivity contribution in [3.63, 3.8) is 0 Å². The Labute approximate surface area is 127 Å². The molecule has 20 heavy (non-hydrogen) atoms. The van der Waals surface area contributed by atoms with Gasteiger partial charge in [0.15, 0.2) is 5.96 Å². The van der Waals surface area contributed by atoms with Gasteiger partial charge in [-0.3, -0.25) is 4.99 Å². The fourth-order valence-electron chi connectivity index (χ4n) is 1.87. The van der Waals surface area contributed by atoms with Gasteiger partial charge in [0.1, 0.15) is 5.01 Å². The van der Waals surface area contributed by atoms with E-state index in [4.69, 9.17) is 0 Å². The topological polar surface area (TPSA) is 49.3 Å². The van der Waals surface area contributed by atoms with Crippen molar-refractivity contribution < 1.29 is 0 Å². The molecule has 5 heteroatoms. The van der Waals surface area contributed by atoms with Gasteiger partial charge in [0.25, 0.3) is 0 Å². The van der Waals surface area contributed by atoms with E-state index >= 15 is 0 Å². The summed E-state index contributed by atoms with van der Waals surface area (Å²) in [5.74, 6) is 2.06. The van der Waals surface area contributed by atoms with Crippen molar-refractivity contribution in [3.05, 3.63) is 16.1 Å². The van der Waals surface area contributed by atoms with Gasteiger partial charge in [-0.2, -0.15) is 0 Å². The second-order valence-corrected chi connectivity index (χ2v) is 6.25. The van der Waals surface area contributed by atoms with Crippen LogP contribution in [0.4, 0.5) is 0 Å². The second kappa shape index (κ2) is 8.95. The predicted molar refractivity (Wildman–Crippen MR) is 88.5 cm³/mol. The van der Waals surface area contributed by atoms with Gasteiger partial charge >= 0.3 is 0 Å². The lowest BCUT2D eigenvalue weighted by molar-refractivity contribution is 0.481. The Morgan fingerprint density at radius 3 is 2.50 bits per heavy atom. The lowest BCUT2D eigenvalue weighted by atomic mass is 10.0. The van der Waals surface area contributed by atoms with Gasteiger partial charge in [-0.05, 0) is 11.8 Å². The van der Waals surface area contributed by atoms with Gasteiger partial charge in [-0.25, -0.2) is 4.98 Å². The molecule has 0 saturated carbocycles. The lowest BCUT2D eigenvalue weighted by Gasteiger charge is -2.16. The highest BCUT2D eigenvalue weighted by Crippen LogP contribution is 2.17. The summed E-state index contributed by atoms with van der Waals surface area (Å²) in [6, 6.07) is 0. The van der Waals surface area contributed by atoms with Gasteiger partial charge in [-0.15, -0.1) is 11.3 Å². The van der Waals surface area contributed by atoms with E-state index in [0.717, 1.165) is 24.1 Å². The van der Waals surface area contributed by atoms with Crippen molar-refractivity contribution in [2.75, 3.05) is 13.6 Å². The lowest BCUT2D eigenvalue weighted by Crippen LogP contribution is -2.39. The Morgan fingerprint density at radius 2 is 2.00 bits per heavy atom. The molecule has 0 aliphatic carbocycles. The van der Waals surface area contributed by atoms with Gasteiger partial charge < -0.3 is 10.6 Å². The molecule has 0 atom stereocenters. The smallest absolute Gasteiger partial charge is 0.191 e. The van der Waals surface area contributed by atoms with Gasteiger partial charge in [-0.1, -0.05) is 40.5 Å². The summed E-state index contributed by atoms with van der Waals surface area (Å²) in [4.78, 5) is 8.87. The fourth-order valence-corrected chi connectivity index (χ4v) is 2.77. The molecule has 0 fully saturated rings. The highest BCUT2D eigenvalue weighted by molar-refractivity contribution is 7.09. The zero-order chi connectivity index (χ0) is 15.0. The van der Waals surface area contributed by atoms with Crippen LogP contribution in [0.2, 0.25) is 0 Å². The summed E-state index contributed by atoms with van der Waals surface area (Å²) in [7, 11) is 1.81. The zero-order valence-corrected chi connectivity index (χ0v) is 14.2. The van der Waals surface area contributed by atoms with Crippen LogP contribution in [0.1, 0.15) is 57.2 Å². The number of nitrogens with one attached hydrogen (secondary N) is 2. The Kier molecular flexibility index (Phi) is 7.59. The van der Waals surface area contributed by atoms with Gasteiger partial charge in [0.05, 0.1) is 12.2 Å². The first-order valence-corrected chi connectivity index (χ1v) is 8.37. The van der Waals surface area contributed by atoms with Crippen LogP contribution < -0.4 is 10.6 Å². The highest BCUT2D eigenvalue weighted by Gasteiger charge is 2.07. The summed E-state index contributed by atoms with van der Waals surface area (Å²) in [5.41, 5.74) is 1.17. The molecular weight excluding hydrogens is 268 g/mol. The van der Waals surface area contributed by atoms with Crippen molar-refractivity contribution >= 4 is 17.3 Å². The van der Waals surface area contributed by atoms with Crippen LogP contribution in [-0.2, 0) is 6.54 Å². The van der Waals surface area contributed by atoms with E-state index in [1.165, 1.54) is 18.5 Å². The minimum absolute atomic E-state index is 0.493. The molecule has 0 radical (unpaired) electrons. The molecular formula is C15H28N4S. The summed E-state index contributed by atoms with van der Waals surface area (Å²) in [6.45, 7) is 10.5. The Balaban J connectivity index is 2.41. The van der Waals surface area contributed by atoms with E-state index in [1.807, 2.05) is 7.05 Å². The molecule has 4 nitrogen and oxygen atoms in total. The first-order chi connectivity index (χ1) is 9.60. The monoisotopic (exact) mass is 296 g/mol. The van der Waals surface area contributed by atoms with Crippen LogP contribution in [-0.4, -0.2) is 24.5 Å². The van der Waals surface area contributed by atoms with Crippen LogP contribution in [0.25, 0.3) is 0 Å². The number of guanidine groups is 1. The summed E-state index contributed by atoms with van der Waals surface area (Å²) < 4.78 is 0. The van der Waals surface area contributed by atoms with Gasteiger partial charge in [0, 0.05) is 19.0 Å². The maximum atomic E-state index is 4.62. The van der Waals surface area contributed by atoms with Crippen LogP contribution in [0, 0.1) is 5.92 Å². The normalized spacial score (nSPS) is 12.2. The van der Waals surface area contributed by atoms with E-state index in [9.17, 15) is 0 Å². The molecule has 1 aromatic rings. The van der Waals surface area contributed by atoms with Crippen molar-refractivity contribution in [3.8, 4) is 0 Å². The molecule has 2 N–H and O–H groups in total. The molecule has 0 aliphatic heterocycles. The van der Waals surface area contributed by atoms with E-state index in [2.05, 4.69) is 53.7 Å². The van der Waals surface area contributed by atoms with E-state index in [0.29, 0.717) is 11.8 Å². The SMILES string of the molecule is CCC(CC)CNC(=NC)NCc1nc(C(C)C)cs1. The standard InChI is InChI=1S/C15H28N4S/c1-6-12(7-2)8-17-15(16-5)18-9-14-19-13(10-20-14)11(3)4/h10-12H,6-9H2,1-5H3,(H2,16,17,18). The average Bonchev–Trinajstić information content (AvgIpc) is 2.92. The summed E-state index contributed by atoms with van der Waals surface area (Å²) in [6.07, 6.45) is 2.40. The third-order valence-electron chi connectivity index (χ3n) is 3.50. The number of hydrogen-bond donors (Lipinski definition) is 2. The van der Waals surface area contributed by atoms with Gasteiger partial charge in [0.2, 0.25) is 0 Å². The van der Waals surface area contributed by atoms with Crippen molar-refractivity contribution in [2.45, 2.75) is 53.0 Å². The Bertz CT molecular complexity index is 408. The van der Waals surface area contributed by atoms with Crippen LogP contribution in [0.5, 0.6) is 0 Å². The molecule has 0 saturated heterocycles. The third-order valence-corrected chi connectivity index (χ3v) is 4.37. The highest BCUT2D eigenvalue weighted by atomic mass is 32.1. The van der Waals surface area contributed by atoms with Crippen LogP contribution in [0.15, 0.2) is 10.4 Å². The largest absolute Gasteiger partial charge is 0.356 e. The molecule has 1 aromatic heterocycles. The average molecular weight is 296 g/mol. The second-order valence-electron chi connectivity index (χ2n) is 5.31. The van der Waals surface area contributed by atoms with E-state index in [1.54, 1.807) is 11.3 Å². The van der Waals surface area contributed by atoms with E-state index in [-0.39, 0.29) is 0 Å². The van der Waals surface area contributed by atoms with Crippen molar-refractivity contribution in [2.24, 2.45) is 10.9 Å². The number of rotatable bonds is 7. The minimum atomic E-state index is 0.493. The fraction of sp³-hybridized carbons (Fsp3) is 0.733. The maximum absolute atomic E-state index is 4.62. The molecule has 0 amide bonds. The third kappa shape index (κ3) is 5.49. The van der Waals surface area contributed by atoms with Crippen LogP contribution >= 0.6 is 11.3 Å². The molecule has 114 valence electrons. The summed E-state index contributed by atoms with van der Waals surface area (Å²) >= 11 is 1.71. The molecule has 0 bridgehead atoms. The van der Waals surface area contributed by atoms with Crippen molar-refractivity contribution in [1.29, 1.82) is 0 Å². The first kappa shape index (κ1) is 17.0. The zero-order valence-electron chi connectivity index (χ0n) is 13.4.